The number of amides is 2. The Hall–Kier alpha value is -3.07. The van der Waals surface area contributed by atoms with Crippen molar-refractivity contribution in [3.05, 3.63) is 99.0 Å². The van der Waals surface area contributed by atoms with Gasteiger partial charge < -0.3 is 10.2 Å². The van der Waals surface area contributed by atoms with Gasteiger partial charge in [0, 0.05) is 42.5 Å². The van der Waals surface area contributed by atoms with Crippen molar-refractivity contribution in [2.24, 2.45) is 0 Å². The van der Waals surface area contributed by atoms with Gasteiger partial charge in [0.05, 0.1) is 11.9 Å². The topological polar surface area (TPSA) is 86.8 Å². The van der Waals surface area contributed by atoms with Crippen molar-refractivity contribution in [3.63, 3.8) is 0 Å². The Morgan fingerprint density at radius 2 is 1.61 bits per heavy atom. The fraction of sp³-hybridized carbons (Fsp3) is 0.355. The average molecular weight is 619 g/mol. The highest BCUT2D eigenvalue weighted by atomic mass is 35.5. The number of aryl methyl sites for hydroxylation is 2. The van der Waals surface area contributed by atoms with Crippen LogP contribution in [0.3, 0.4) is 0 Å². The van der Waals surface area contributed by atoms with Gasteiger partial charge in [-0.25, -0.2) is 8.42 Å². The summed E-state index contributed by atoms with van der Waals surface area (Å²) < 4.78 is 26.7. The molecule has 0 saturated carbocycles. The Morgan fingerprint density at radius 3 is 2.20 bits per heavy atom. The number of sulfonamides is 1. The highest BCUT2D eigenvalue weighted by Crippen LogP contribution is 2.26. The van der Waals surface area contributed by atoms with E-state index in [1.165, 1.54) is 9.21 Å². The number of halogens is 2. The van der Waals surface area contributed by atoms with Crippen molar-refractivity contribution in [1.29, 1.82) is 0 Å². The Kier molecular flexibility index (Phi) is 11.6. The standard InChI is InChI=1S/C31H37Cl2N3O4S/c1-5-34-31(38)29(19-24-10-7-6-8-11-24)35(21-25-13-14-26(32)20-28(25)33)30(37)12-9-15-36(41(4,39)40)27-17-22(2)16-23(3)18-27/h6-8,10-11,13-14,16-18,20,29H,5,9,12,15,19,21H2,1-4H3,(H,34,38)/t29-/m1/s1. The number of benzene rings is 3. The van der Waals surface area contributed by atoms with Crippen LogP contribution in [0.25, 0.3) is 0 Å². The lowest BCUT2D eigenvalue weighted by molar-refractivity contribution is -0.141. The predicted octanol–water partition coefficient (Wildman–Crippen LogP) is 5.93. The van der Waals surface area contributed by atoms with E-state index in [0.717, 1.165) is 22.9 Å². The smallest absolute Gasteiger partial charge is 0.243 e. The summed E-state index contributed by atoms with van der Waals surface area (Å²) in [7, 11) is -3.59. The van der Waals surface area contributed by atoms with Crippen molar-refractivity contribution in [1.82, 2.24) is 10.2 Å². The lowest BCUT2D eigenvalue weighted by atomic mass is 10.0. The molecule has 220 valence electrons. The molecular formula is C31H37Cl2N3O4S. The molecule has 3 aromatic rings. The van der Waals surface area contributed by atoms with E-state index in [4.69, 9.17) is 23.2 Å². The summed E-state index contributed by atoms with van der Waals surface area (Å²) in [5.74, 6) is -0.556. The monoisotopic (exact) mass is 617 g/mol. The zero-order chi connectivity index (χ0) is 30.2. The fourth-order valence-corrected chi connectivity index (χ4v) is 6.20. The van der Waals surface area contributed by atoms with E-state index in [9.17, 15) is 18.0 Å². The SMILES string of the molecule is CCNC(=O)[C@@H](Cc1ccccc1)N(Cc1ccc(Cl)cc1Cl)C(=O)CCCN(c1cc(C)cc(C)c1)S(C)(=O)=O. The molecule has 0 radical (unpaired) electrons. The molecule has 0 aromatic heterocycles. The van der Waals surface area contributed by atoms with Crippen LogP contribution in [0.4, 0.5) is 5.69 Å². The lowest BCUT2D eigenvalue weighted by Gasteiger charge is -2.32. The Morgan fingerprint density at radius 1 is 0.951 bits per heavy atom. The molecule has 3 aromatic carbocycles. The first-order chi connectivity index (χ1) is 19.4. The molecule has 0 aliphatic carbocycles. The molecule has 1 atom stereocenters. The normalized spacial score (nSPS) is 12.0. The lowest BCUT2D eigenvalue weighted by Crippen LogP contribution is -2.50. The molecule has 0 fully saturated rings. The number of rotatable bonds is 13. The van der Waals surface area contributed by atoms with Crippen molar-refractivity contribution in [2.75, 3.05) is 23.7 Å². The van der Waals surface area contributed by atoms with Gasteiger partial charge in [-0.2, -0.15) is 0 Å². The minimum atomic E-state index is -3.59. The van der Waals surface area contributed by atoms with Crippen molar-refractivity contribution < 1.29 is 18.0 Å². The number of hydrogen-bond acceptors (Lipinski definition) is 4. The van der Waals surface area contributed by atoms with E-state index in [2.05, 4.69) is 5.32 Å². The quantitative estimate of drug-likeness (QED) is 0.257. The zero-order valence-electron chi connectivity index (χ0n) is 23.9. The van der Waals surface area contributed by atoms with Gasteiger partial charge in [0.2, 0.25) is 21.8 Å². The number of anilines is 1. The first kappa shape index (κ1) is 32.4. The Balaban J connectivity index is 1.90. The van der Waals surface area contributed by atoms with Gasteiger partial charge in [-0.15, -0.1) is 0 Å². The van der Waals surface area contributed by atoms with Crippen LogP contribution in [0, 0.1) is 13.8 Å². The van der Waals surface area contributed by atoms with Gasteiger partial charge in [0.1, 0.15) is 6.04 Å². The third-order valence-electron chi connectivity index (χ3n) is 6.62. The largest absolute Gasteiger partial charge is 0.355 e. The Bertz CT molecular complexity index is 1450. The van der Waals surface area contributed by atoms with Crippen molar-refractivity contribution in [2.45, 2.75) is 52.6 Å². The summed E-state index contributed by atoms with van der Waals surface area (Å²) in [5.41, 5.74) is 4.01. The second-order valence-corrected chi connectivity index (χ2v) is 12.9. The molecule has 0 spiro atoms. The highest BCUT2D eigenvalue weighted by Gasteiger charge is 2.30. The molecule has 0 heterocycles. The van der Waals surface area contributed by atoms with E-state index < -0.39 is 16.1 Å². The minimum absolute atomic E-state index is 0.0344. The maximum absolute atomic E-state index is 13.9. The van der Waals surface area contributed by atoms with Crippen LogP contribution in [0.15, 0.2) is 66.7 Å². The molecular weight excluding hydrogens is 581 g/mol. The van der Waals surface area contributed by atoms with Gasteiger partial charge in [0.15, 0.2) is 0 Å². The van der Waals surface area contributed by atoms with Crippen LogP contribution >= 0.6 is 23.2 Å². The van der Waals surface area contributed by atoms with Crippen LogP contribution in [0.2, 0.25) is 10.0 Å². The summed E-state index contributed by atoms with van der Waals surface area (Å²) >= 11 is 12.6. The van der Waals surface area contributed by atoms with Gasteiger partial charge in [-0.3, -0.25) is 13.9 Å². The predicted molar refractivity (Wildman–Crippen MR) is 167 cm³/mol. The van der Waals surface area contributed by atoms with Gasteiger partial charge in [-0.1, -0.05) is 65.7 Å². The van der Waals surface area contributed by atoms with Gasteiger partial charge >= 0.3 is 0 Å². The van der Waals surface area contributed by atoms with Crippen LogP contribution < -0.4 is 9.62 Å². The number of carbonyl (C=O) groups is 2. The van der Waals surface area contributed by atoms with Gasteiger partial charge in [0.25, 0.3) is 0 Å². The van der Waals surface area contributed by atoms with E-state index in [-0.39, 0.29) is 37.7 Å². The molecule has 10 heteroatoms. The molecule has 2 amide bonds. The molecule has 41 heavy (non-hydrogen) atoms. The zero-order valence-corrected chi connectivity index (χ0v) is 26.2. The number of hydrogen-bond donors (Lipinski definition) is 1. The second kappa shape index (κ2) is 14.7. The minimum Gasteiger partial charge on any atom is -0.355 e. The molecule has 3 rings (SSSR count). The molecule has 0 aliphatic rings. The van der Waals surface area contributed by atoms with Crippen LogP contribution in [0.5, 0.6) is 0 Å². The van der Waals surface area contributed by atoms with E-state index >= 15 is 0 Å². The third-order valence-corrected chi connectivity index (χ3v) is 8.41. The fourth-order valence-electron chi connectivity index (χ4n) is 4.78. The molecule has 0 aliphatic heterocycles. The summed E-state index contributed by atoms with van der Waals surface area (Å²) in [5, 5.41) is 3.72. The summed E-state index contributed by atoms with van der Waals surface area (Å²) in [6.07, 6.45) is 1.76. The second-order valence-electron chi connectivity index (χ2n) is 10.1. The maximum atomic E-state index is 13.9. The average Bonchev–Trinajstić information content (AvgIpc) is 2.89. The summed E-state index contributed by atoms with van der Waals surface area (Å²) in [4.78, 5) is 28.7. The summed E-state index contributed by atoms with van der Waals surface area (Å²) in [6, 6.07) is 19.3. The first-order valence-corrected chi connectivity index (χ1v) is 16.1. The van der Waals surface area contributed by atoms with Crippen LogP contribution in [0.1, 0.15) is 42.0 Å². The van der Waals surface area contributed by atoms with Crippen molar-refractivity contribution >= 4 is 50.7 Å². The number of likely N-dealkylation sites (N-methyl/N-ethyl adjacent to an activating group) is 1. The molecule has 0 unspecified atom stereocenters. The molecule has 1 N–H and O–H groups in total. The van der Waals surface area contributed by atoms with Crippen LogP contribution in [-0.2, 0) is 32.6 Å². The van der Waals surface area contributed by atoms with Crippen molar-refractivity contribution in [3.8, 4) is 0 Å². The summed E-state index contributed by atoms with van der Waals surface area (Å²) in [6.45, 7) is 6.27. The third kappa shape index (κ3) is 9.48. The maximum Gasteiger partial charge on any atom is 0.243 e. The number of carbonyl (C=O) groups excluding carboxylic acids is 2. The van der Waals surface area contributed by atoms with E-state index in [1.807, 2.05) is 69.3 Å². The number of nitrogens with one attached hydrogen (secondary N) is 1. The highest BCUT2D eigenvalue weighted by molar-refractivity contribution is 7.92. The number of nitrogens with zero attached hydrogens (tertiary/aromatic N) is 2. The Labute approximate surface area is 253 Å². The molecule has 0 bridgehead atoms. The van der Waals surface area contributed by atoms with E-state index in [1.54, 1.807) is 18.2 Å². The first-order valence-electron chi connectivity index (χ1n) is 13.5. The molecule has 0 saturated heterocycles. The van der Waals surface area contributed by atoms with Gasteiger partial charge in [-0.05, 0) is 73.7 Å². The molecule has 7 nitrogen and oxygen atoms in total. The van der Waals surface area contributed by atoms with E-state index in [0.29, 0.717) is 34.3 Å². The van der Waals surface area contributed by atoms with Crippen LogP contribution in [-0.4, -0.2) is 50.5 Å².